The minimum absolute atomic E-state index is 0.0383. The van der Waals surface area contributed by atoms with Crippen LogP contribution in [0.1, 0.15) is 38.8 Å². The van der Waals surface area contributed by atoms with Gasteiger partial charge >= 0.3 is 0 Å². The van der Waals surface area contributed by atoms with Gasteiger partial charge in [0.1, 0.15) is 5.75 Å². The number of nitrogens with one attached hydrogen (secondary N) is 2. The van der Waals surface area contributed by atoms with Gasteiger partial charge in [0.25, 0.3) is 15.9 Å². The lowest BCUT2D eigenvalue weighted by atomic mass is 9.87. The van der Waals surface area contributed by atoms with Gasteiger partial charge < -0.3 is 10.1 Å². The second kappa shape index (κ2) is 9.67. The first-order valence-corrected chi connectivity index (χ1v) is 12.2. The molecule has 0 spiro atoms. The fraction of sp³-hybridized carbons (Fsp3) is 0.269. The molecule has 3 aromatic carbocycles. The van der Waals surface area contributed by atoms with Crippen LogP contribution in [0.4, 0.5) is 11.4 Å². The van der Waals surface area contributed by atoms with E-state index in [4.69, 9.17) is 4.74 Å². The van der Waals surface area contributed by atoms with Gasteiger partial charge in [-0.3, -0.25) is 9.52 Å². The zero-order chi connectivity index (χ0) is 24.2. The molecule has 0 fully saturated rings. The Morgan fingerprint density at radius 1 is 0.909 bits per heavy atom. The highest BCUT2D eigenvalue weighted by Gasteiger charge is 2.18. The Bertz CT molecular complexity index is 1210. The number of aryl methyl sites for hydroxylation is 1. The van der Waals surface area contributed by atoms with Gasteiger partial charge in [0.15, 0.2) is 6.10 Å². The molecule has 3 rings (SSSR count). The maximum atomic E-state index is 12.7. The lowest BCUT2D eigenvalue weighted by Gasteiger charge is -2.20. The molecule has 1 atom stereocenters. The predicted molar refractivity (Wildman–Crippen MR) is 132 cm³/mol. The van der Waals surface area contributed by atoms with E-state index in [0.717, 1.165) is 5.56 Å². The molecule has 0 bridgehead atoms. The maximum absolute atomic E-state index is 12.7. The fourth-order valence-corrected chi connectivity index (χ4v) is 4.27. The molecule has 1 amide bonds. The van der Waals surface area contributed by atoms with E-state index >= 15 is 0 Å². The number of amides is 1. The van der Waals surface area contributed by atoms with Crippen molar-refractivity contribution in [3.8, 4) is 5.75 Å². The fourth-order valence-electron chi connectivity index (χ4n) is 3.14. The Kier molecular flexibility index (Phi) is 7.12. The van der Waals surface area contributed by atoms with Gasteiger partial charge in [-0.1, -0.05) is 51.1 Å². The van der Waals surface area contributed by atoms with Gasteiger partial charge in [0, 0.05) is 5.69 Å². The highest BCUT2D eigenvalue weighted by Crippen LogP contribution is 2.25. The van der Waals surface area contributed by atoms with Crippen molar-refractivity contribution in [3.63, 3.8) is 0 Å². The molecule has 174 valence electrons. The van der Waals surface area contributed by atoms with Crippen molar-refractivity contribution in [1.82, 2.24) is 0 Å². The molecule has 0 radical (unpaired) electrons. The average molecular weight is 467 g/mol. The molecule has 0 unspecified atom stereocenters. The summed E-state index contributed by atoms with van der Waals surface area (Å²) in [6.07, 6.45) is -0.725. The van der Waals surface area contributed by atoms with Crippen molar-refractivity contribution in [1.29, 1.82) is 0 Å². The molecular formula is C26H30N2O4S. The highest BCUT2D eigenvalue weighted by atomic mass is 32.2. The van der Waals surface area contributed by atoms with Crippen LogP contribution < -0.4 is 14.8 Å². The van der Waals surface area contributed by atoms with Crippen molar-refractivity contribution in [2.45, 2.75) is 51.0 Å². The highest BCUT2D eigenvalue weighted by molar-refractivity contribution is 7.92. The summed E-state index contributed by atoms with van der Waals surface area (Å²) in [5.41, 5.74) is 3.05. The van der Waals surface area contributed by atoms with Crippen LogP contribution in [0.5, 0.6) is 5.75 Å². The third-order valence-corrected chi connectivity index (χ3v) is 6.61. The molecule has 7 heteroatoms. The molecule has 0 saturated carbocycles. The second-order valence-corrected chi connectivity index (χ2v) is 10.7. The lowest BCUT2D eigenvalue weighted by molar-refractivity contribution is -0.122. The molecule has 0 aliphatic rings. The van der Waals surface area contributed by atoms with E-state index in [0.29, 0.717) is 17.1 Å². The van der Waals surface area contributed by atoms with Crippen LogP contribution >= 0.6 is 0 Å². The van der Waals surface area contributed by atoms with Gasteiger partial charge in [-0.25, -0.2) is 8.42 Å². The Hall–Kier alpha value is -3.32. The van der Waals surface area contributed by atoms with Crippen molar-refractivity contribution in [2.24, 2.45) is 0 Å². The van der Waals surface area contributed by atoms with Crippen LogP contribution in [-0.4, -0.2) is 20.4 Å². The van der Waals surface area contributed by atoms with Crippen LogP contribution in [0, 0.1) is 6.92 Å². The number of sulfonamides is 1. The third-order valence-electron chi connectivity index (χ3n) is 5.22. The SMILES string of the molecule is Cc1ccccc1NS(=O)(=O)c1ccc(NC(=O)[C@@H](C)Oc2ccc(C(C)(C)C)cc2)cc1. The summed E-state index contributed by atoms with van der Waals surface area (Å²) in [4.78, 5) is 12.6. The number of carbonyl (C=O) groups is 1. The van der Waals surface area contributed by atoms with E-state index in [1.54, 1.807) is 31.2 Å². The molecule has 0 aromatic heterocycles. The number of carbonyl (C=O) groups excluding carboxylic acids is 1. The van der Waals surface area contributed by atoms with Crippen LogP contribution in [-0.2, 0) is 20.2 Å². The first-order valence-electron chi connectivity index (χ1n) is 10.7. The molecule has 2 N–H and O–H groups in total. The van der Waals surface area contributed by atoms with Crippen molar-refractivity contribution >= 4 is 27.3 Å². The van der Waals surface area contributed by atoms with E-state index in [1.165, 1.54) is 17.7 Å². The number of anilines is 2. The average Bonchev–Trinajstić information content (AvgIpc) is 2.75. The zero-order valence-corrected chi connectivity index (χ0v) is 20.4. The summed E-state index contributed by atoms with van der Waals surface area (Å²) in [5, 5.41) is 2.76. The zero-order valence-electron chi connectivity index (χ0n) is 19.5. The maximum Gasteiger partial charge on any atom is 0.265 e. The molecule has 33 heavy (non-hydrogen) atoms. The van der Waals surface area contributed by atoms with Gasteiger partial charge in [-0.15, -0.1) is 0 Å². The predicted octanol–water partition coefficient (Wildman–Crippen LogP) is 5.50. The summed E-state index contributed by atoms with van der Waals surface area (Å²) in [7, 11) is -3.74. The topological polar surface area (TPSA) is 84.5 Å². The van der Waals surface area contributed by atoms with Crippen LogP contribution in [0.2, 0.25) is 0 Å². The van der Waals surface area contributed by atoms with Crippen LogP contribution in [0.25, 0.3) is 0 Å². The van der Waals surface area contributed by atoms with Crippen molar-refractivity contribution in [2.75, 3.05) is 10.0 Å². The Morgan fingerprint density at radius 3 is 2.09 bits per heavy atom. The van der Waals surface area contributed by atoms with E-state index in [1.807, 2.05) is 43.3 Å². The monoisotopic (exact) mass is 466 g/mol. The first kappa shape index (κ1) is 24.3. The van der Waals surface area contributed by atoms with E-state index < -0.39 is 16.1 Å². The van der Waals surface area contributed by atoms with E-state index in [-0.39, 0.29) is 16.2 Å². The Morgan fingerprint density at radius 2 is 1.52 bits per heavy atom. The van der Waals surface area contributed by atoms with Crippen molar-refractivity contribution < 1.29 is 17.9 Å². The summed E-state index contributed by atoms with van der Waals surface area (Å²) in [6.45, 7) is 9.90. The number of hydrogen-bond donors (Lipinski definition) is 2. The van der Waals surface area contributed by atoms with Crippen LogP contribution in [0.3, 0.4) is 0 Å². The van der Waals surface area contributed by atoms with E-state index in [2.05, 4.69) is 30.8 Å². The lowest BCUT2D eigenvalue weighted by Crippen LogP contribution is -2.30. The Labute approximate surface area is 196 Å². The Balaban J connectivity index is 1.62. The quantitative estimate of drug-likeness (QED) is 0.482. The summed E-state index contributed by atoms with van der Waals surface area (Å²) in [6, 6.07) is 20.8. The number of para-hydroxylation sites is 1. The smallest absolute Gasteiger partial charge is 0.265 e. The van der Waals surface area contributed by atoms with Gasteiger partial charge in [-0.05, 0) is 72.9 Å². The number of hydrogen-bond acceptors (Lipinski definition) is 4. The molecule has 3 aromatic rings. The molecule has 0 saturated heterocycles. The number of ether oxygens (including phenoxy) is 1. The second-order valence-electron chi connectivity index (χ2n) is 8.97. The first-order chi connectivity index (χ1) is 15.5. The number of rotatable bonds is 7. The third kappa shape index (κ3) is 6.35. The minimum atomic E-state index is -3.74. The molecule has 0 aliphatic carbocycles. The largest absolute Gasteiger partial charge is 0.481 e. The molecular weight excluding hydrogens is 436 g/mol. The summed E-state index contributed by atoms with van der Waals surface area (Å²) < 4.78 is 33.7. The summed E-state index contributed by atoms with van der Waals surface area (Å²) in [5.74, 6) is 0.276. The summed E-state index contributed by atoms with van der Waals surface area (Å²) >= 11 is 0. The van der Waals surface area contributed by atoms with E-state index in [9.17, 15) is 13.2 Å². The molecule has 6 nitrogen and oxygen atoms in total. The normalized spacial score (nSPS) is 12.6. The minimum Gasteiger partial charge on any atom is -0.481 e. The van der Waals surface area contributed by atoms with Crippen molar-refractivity contribution in [3.05, 3.63) is 83.9 Å². The van der Waals surface area contributed by atoms with Crippen LogP contribution in [0.15, 0.2) is 77.7 Å². The van der Waals surface area contributed by atoms with Gasteiger partial charge in [0.2, 0.25) is 0 Å². The molecule has 0 heterocycles. The van der Waals surface area contributed by atoms with Gasteiger partial charge in [0.05, 0.1) is 10.6 Å². The van der Waals surface area contributed by atoms with Gasteiger partial charge in [-0.2, -0.15) is 0 Å². The number of benzene rings is 3. The molecule has 0 aliphatic heterocycles. The standard InChI is InChI=1S/C26H30N2O4S/c1-18-8-6-7-9-24(18)28-33(30,31)23-16-12-21(13-17-23)27-25(29)19(2)32-22-14-10-20(11-15-22)26(3,4)5/h6-17,19,28H,1-5H3,(H,27,29)/t19-/m1/s1.